The van der Waals surface area contributed by atoms with Gasteiger partial charge in [-0.05, 0) is 42.7 Å². The first-order chi connectivity index (χ1) is 11.2. The van der Waals surface area contributed by atoms with Crippen LogP contribution in [0.3, 0.4) is 0 Å². The Morgan fingerprint density at radius 2 is 1.61 bits per heavy atom. The fourth-order valence-corrected chi connectivity index (χ4v) is 2.06. The molecule has 0 aromatic heterocycles. The molecule has 122 valence electrons. The van der Waals surface area contributed by atoms with Crippen LogP contribution in [-0.4, -0.2) is 19.1 Å². The van der Waals surface area contributed by atoms with Crippen molar-refractivity contribution in [2.45, 2.75) is 26.7 Å². The number of ether oxygens (including phenoxy) is 2. The van der Waals surface area contributed by atoms with Gasteiger partial charge in [-0.15, -0.1) is 0 Å². The van der Waals surface area contributed by atoms with Crippen LogP contribution in [0.4, 0.5) is 5.69 Å². The van der Waals surface area contributed by atoms with Crippen molar-refractivity contribution in [1.29, 1.82) is 0 Å². The van der Waals surface area contributed by atoms with Crippen molar-refractivity contribution in [3.8, 4) is 11.5 Å². The summed E-state index contributed by atoms with van der Waals surface area (Å²) >= 11 is 0. The summed E-state index contributed by atoms with van der Waals surface area (Å²) in [4.78, 5) is 12.0. The van der Waals surface area contributed by atoms with Gasteiger partial charge in [-0.25, -0.2) is 0 Å². The smallest absolute Gasteiger partial charge is 0.262 e. The van der Waals surface area contributed by atoms with E-state index >= 15 is 0 Å². The molecular weight excluding hydrogens is 290 g/mol. The summed E-state index contributed by atoms with van der Waals surface area (Å²) in [5, 5.41) is 2.82. The summed E-state index contributed by atoms with van der Waals surface area (Å²) in [6.45, 7) is 4.71. The average molecular weight is 313 g/mol. The van der Waals surface area contributed by atoms with E-state index in [1.165, 1.54) is 5.56 Å². The molecule has 0 atom stereocenters. The maximum atomic E-state index is 12.0. The van der Waals surface area contributed by atoms with Gasteiger partial charge < -0.3 is 14.8 Å². The van der Waals surface area contributed by atoms with Gasteiger partial charge in [-0.1, -0.05) is 38.1 Å². The van der Waals surface area contributed by atoms with Gasteiger partial charge in [0.2, 0.25) is 0 Å². The predicted octanol–water partition coefficient (Wildman–Crippen LogP) is 4.06. The Morgan fingerprint density at radius 1 is 0.957 bits per heavy atom. The van der Waals surface area contributed by atoms with Crippen LogP contribution in [0.2, 0.25) is 0 Å². The first kappa shape index (κ1) is 16.9. The number of hydrogen-bond acceptors (Lipinski definition) is 3. The molecule has 1 amide bonds. The molecule has 2 aromatic rings. The Labute approximate surface area is 137 Å². The predicted molar refractivity (Wildman–Crippen MR) is 92.2 cm³/mol. The second-order valence-electron chi connectivity index (χ2n) is 5.18. The van der Waals surface area contributed by atoms with Crippen molar-refractivity contribution in [3.63, 3.8) is 0 Å². The number of carbonyl (C=O) groups is 1. The molecule has 0 fully saturated rings. The first-order valence-electron chi connectivity index (χ1n) is 7.96. The minimum atomic E-state index is -0.195. The summed E-state index contributed by atoms with van der Waals surface area (Å²) < 4.78 is 11.2. The minimum Gasteiger partial charge on any atom is -0.490 e. The zero-order valence-electron chi connectivity index (χ0n) is 13.7. The number of rotatable bonds is 8. The second-order valence-corrected chi connectivity index (χ2v) is 5.18. The van der Waals surface area contributed by atoms with Crippen LogP contribution >= 0.6 is 0 Å². The fourth-order valence-electron chi connectivity index (χ4n) is 2.06. The molecule has 2 rings (SSSR count). The van der Waals surface area contributed by atoms with Crippen LogP contribution in [0.1, 0.15) is 25.8 Å². The van der Waals surface area contributed by atoms with Gasteiger partial charge >= 0.3 is 0 Å². The summed E-state index contributed by atoms with van der Waals surface area (Å²) in [7, 11) is 0. The number of nitrogens with one attached hydrogen (secondary N) is 1. The highest BCUT2D eigenvalue weighted by atomic mass is 16.5. The normalized spacial score (nSPS) is 10.2. The largest absolute Gasteiger partial charge is 0.490 e. The van der Waals surface area contributed by atoms with Crippen molar-refractivity contribution in [1.82, 2.24) is 0 Å². The van der Waals surface area contributed by atoms with E-state index in [1.54, 1.807) is 6.07 Å². The van der Waals surface area contributed by atoms with Crippen molar-refractivity contribution in [3.05, 3.63) is 54.1 Å². The van der Waals surface area contributed by atoms with E-state index in [-0.39, 0.29) is 12.5 Å². The van der Waals surface area contributed by atoms with Crippen LogP contribution in [0.5, 0.6) is 11.5 Å². The van der Waals surface area contributed by atoms with E-state index in [2.05, 4.69) is 12.2 Å². The number of carbonyl (C=O) groups excluding carboxylic acids is 1. The molecule has 4 nitrogen and oxygen atoms in total. The molecule has 0 aliphatic carbocycles. The lowest BCUT2D eigenvalue weighted by atomic mass is 10.1. The van der Waals surface area contributed by atoms with Gasteiger partial charge in [0.05, 0.1) is 6.61 Å². The summed E-state index contributed by atoms with van der Waals surface area (Å²) in [6.07, 6.45) is 1.90. The molecule has 23 heavy (non-hydrogen) atoms. The second kappa shape index (κ2) is 8.83. The van der Waals surface area contributed by atoms with E-state index in [0.717, 1.165) is 18.5 Å². The molecule has 0 bridgehead atoms. The Bertz CT molecular complexity index is 623. The van der Waals surface area contributed by atoms with Crippen LogP contribution in [-0.2, 0) is 11.2 Å². The molecule has 1 N–H and O–H groups in total. The molecular formula is C19H23NO3. The van der Waals surface area contributed by atoms with Gasteiger partial charge in [-0.2, -0.15) is 0 Å². The summed E-state index contributed by atoms with van der Waals surface area (Å²) in [6, 6.07) is 15.2. The Balaban J connectivity index is 1.88. The fraction of sp³-hybridized carbons (Fsp3) is 0.316. The van der Waals surface area contributed by atoms with E-state index in [0.29, 0.717) is 18.1 Å². The highest BCUT2D eigenvalue weighted by molar-refractivity contribution is 5.91. The molecule has 0 saturated carbocycles. The van der Waals surface area contributed by atoms with Crippen LogP contribution in [0.25, 0.3) is 0 Å². The zero-order chi connectivity index (χ0) is 16.5. The van der Waals surface area contributed by atoms with Crippen LogP contribution < -0.4 is 14.8 Å². The number of para-hydroxylation sites is 2. The van der Waals surface area contributed by atoms with Gasteiger partial charge in [-0.3, -0.25) is 4.79 Å². The van der Waals surface area contributed by atoms with E-state index in [9.17, 15) is 4.79 Å². The third kappa shape index (κ3) is 5.33. The number of aryl methyl sites for hydroxylation is 1. The number of anilines is 1. The summed E-state index contributed by atoms with van der Waals surface area (Å²) in [5.74, 6) is 1.05. The average Bonchev–Trinajstić information content (AvgIpc) is 2.59. The SMILES string of the molecule is CCCOc1ccccc1OCC(=O)Nc1ccc(CC)cc1. The molecule has 0 radical (unpaired) electrons. The zero-order valence-corrected chi connectivity index (χ0v) is 13.7. The molecule has 0 heterocycles. The third-order valence-electron chi connectivity index (χ3n) is 3.32. The van der Waals surface area contributed by atoms with E-state index in [1.807, 2.05) is 49.4 Å². The van der Waals surface area contributed by atoms with Gasteiger partial charge in [0, 0.05) is 5.69 Å². The van der Waals surface area contributed by atoms with E-state index in [4.69, 9.17) is 9.47 Å². The Hall–Kier alpha value is -2.49. The Kier molecular flexibility index (Phi) is 6.48. The Morgan fingerprint density at radius 3 is 2.22 bits per heavy atom. The topological polar surface area (TPSA) is 47.6 Å². The maximum absolute atomic E-state index is 12.0. The molecule has 4 heteroatoms. The standard InChI is InChI=1S/C19H23NO3/c1-3-13-22-17-7-5-6-8-18(17)23-14-19(21)20-16-11-9-15(4-2)10-12-16/h5-12H,3-4,13-14H2,1-2H3,(H,20,21). The first-order valence-corrected chi connectivity index (χ1v) is 7.96. The molecule has 2 aromatic carbocycles. The molecule has 0 spiro atoms. The lowest BCUT2D eigenvalue weighted by Gasteiger charge is -2.12. The number of hydrogen-bond donors (Lipinski definition) is 1. The quantitative estimate of drug-likeness (QED) is 0.799. The van der Waals surface area contributed by atoms with Crippen molar-refractivity contribution < 1.29 is 14.3 Å². The lowest BCUT2D eigenvalue weighted by molar-refractivity contribution is -0.118. The number of benzene rings is 2. The van der Waals surface area contributed by atoms with Gasteiger partial charge in [0.25, 0.3) is 5.91 Å². The van der Waals surface area contributed by atoms with Crippen molar-refractivity contribution >= 4 is 11.6 Å². The minimum absolute atomic E-state index is 0.0535. The van der Waals surface area contributed by atoms with Crippen molar-refractivity contribution in [2.24, 2.45) is 0 Å². The lowest BCUT2D eigenvalue weighted by Crippen LogP contribution is -2.20. The van der Waals surface area contributed by atoms with Crippen LogP contribution in [0, 0.1) is 0 Å². The molecule has 0 aliphatic heterocycles. The third-order valence-corrected chi connectivity index (χ3v) is 3.32. The molecule has 0 aliphatic rings. The monoisotopic (exact) mass is 313 g/mol. The highest BCUT2D eigenvalue weighted by Crippen LogP contribution is 2.26. The molecule has 0 unspecified atom stereocenters. The maximum Gasteiger partial charge on any atom is 0.262 e. The van der Waals surface area contributed by atoms with E-state index < -0.39 is 0 Å². The van der Waals surface area contributed by atoms with Gasteiger partial charge in [0.1, 0.15) is 0 Å². The van der Waals surface area contributed by atoms with Crippen LogP contribution in [0.15, 0.2) is 48.5 Å². The number of amides is 1. The molecule has 0 saturated heterocycles. The van der Waals surface area contributed by atoms with Crippen molar-refractivity contribution in [2.75, 3.05) is 18.5 Å². The van der Waals surface area contributed by atoms with Gasteiger partial charge in [0.15, 0.2) is 18.1 Å². The summed E-state index contributed by atoms with van der Waals surface area (Å²) in [5.41, 5.74) is 2.01. The highest BCUT2D eigenvalue weighted by Gasteiger charge is 2.08.